The molecule has 2 nitrogen and oxygen atoms in total. The van der Waals surface area contributed by atoms with Gasteiger partial charge in [0.05, 0.1) is 0 Å². The fourth-order valence-corrected chi connectivity index (χ4v) is 5.71. The Balaban J connectivity index is 1.44. The molecule has 0 aliphatic rings. The average molecular weight is 565 g/mol. The molecular formula is C42H32N2. The Labute approximate surface area is 259 Å². The fraction of sp³-hybridized carbons (Fsp3) is 0. The highest BCUT2D eigenvalue weighted by molar-refractivity contribution is 5.87. The van der Waals surface area contributed by atoms with Crippen LogP contribution < -0.4 is 9.80 Å². The molecule has 0 fully saturated rings. The standard InChI is InChI=1S/C42H32N2/c1-6-16-33(17-7-1)34-26-28-35(29-27-34)36-30-41(43(37-18-8-2-9-19-37)38-20-10-3-11-21-38)32-42(31-36)44(39-22-12-4-13-23-39)40-24-14-5-15-25-40/h1-32H. The highest BCUT2D eigenvalue weighted by Gasteiger charge is 2.19. The summed E-state index contributed by atoms with van der Waals surface area (Å²) in [7, 11) is 0. The summed E-state index contributed by atoms with van der Waals surface area (Å²) in [6.07, 6.45) is 0. The van der Waals surface area contributed by atoms with Gasteiger partial charge in [-0.3, -0.25) is 0 Å². The molecule has 0 amide bonds. The third-order valence-electron chi connectivity index (χ3n) is 7.80. The van der Waals surface area contributed by atoms with Crippen molar-refractivity contribution in [3.63, 3.8) is 0 Å². The Morgan fingerprint density at radius 2 is 0.477 bits per heavy atom. The van der Waals surface area contributed by atoms with Crippen molar-refractivity contribution in [2.45, 2.75) is 0 Å². The molecule has 0 saturated carbocycles. The smallest absolute Gasteiger partial charge is 0.0488 e. The van der Waals surface area contributed by atoms with E-state index in [0.717, 1.165) is 45.3 Å². The van der Waals surface area contributed by atoms with Gasteiger partial charge in [-0.05, 0) is 89.0 Å². The summed E-state index contributed by atoms with van der Waals surface area (Å²) in [6.45, 7) is 0. The highest BCUT2D eigenvalue weighted by atomic mass is 15.2. The van der Waals surface area contributed by atoms with Gasteiger partial charge in [0.25, 0.3) is 0 Å². The molecule has 0 bridgehead atoms. The normalized spacial score (nSPS) is 10.7. The van der Waals surface area contributed by atoms with Crippen LogP contribution in [-0.2, 0) is 0 Å². The van der Waals surface area contributed by atoms with E-state index in [1.807, 2.05) is 0 Å². The number of hydrogen-bond donors (Lipinski definition) is 0. The first-order valence-corrected chi connectivity index (χ1v) is 14.9. The summed E-state index contributed by atoms with van der Waals surface area (Å²) < 4.78 is 0. The van der Waals surface area contributed by atoms with E-state index in [2.05, 4.69) is 204 Å². The molecule has 2 heteroatoms. The molecule has 0 unspecified atom stereocenters. The van der Waals surface area contributed by atoms with Crippen molar-refractivity contribution in [3.8, 4) is 22.3 Å². The van der Waals surface area contributed by atoms with Crippen LogP contribution in [0.15, 0.2) is 194 Å². The molecule has 44 heavy (non-hydrogen) atoms. The lowest BCUT2D eigenvalue weighted by Crippen LogP contribution is -2.13. The van der Waals surface area contributed by atoms with Gasteiger partial charge in [-0.1, -0.05) is 127 Å². The minimum absolute atomic E-state index is 1.08. The van der Waals surface area contributed by atoms with Gasteiger partial charge in [-0.25, -0.2) is 0 Å². The third-order valence-corrected chi connectivity index (χ3v) is 7.80. The van der Waals surface area contributed by atoms with Gasteiger partial charge in [0.15, 0.2) is 0 Å². The van der Waals surface area contributed by atoms with E-state index in [1.165, 1.54) is 11.1 Å². The second kappa shape index (κ2) is 12.6. The number of benzene rings is 7. The molecule has 0 saturated heterocycles. The Bertz CT molecular complexity index is 1740. The molecule has 7 rings (SSSR count). The first-order chi connectivity index (χ1) is 21.8. The van der Waals surface area contributed by atoms with E-state index < -0.39 is 0 Å². The van der Waals surface area contributed by atoms with Gasteiger partial charge in [0, 0.05) is 34.1 Å². The van der Waals surface area contributed by atoms with Crippen LogP contribution in [0.4, 0.5) is 34.1 Å². The van der Waals surface area contributed by atoms with Crippen LogP contribution in [0.3, 0.4) is 0 Å². The maximum Gasteiger partial charge on any atom is 0.0488 e. The lowest BCUT2D eigenvalue weighted by molar-refractivity contribution is 1.25. The van der Waals surface area contributed by atoms with Gasteiger partial charge < -0.3 is 9.80 Å². The van der Waals surface area contributed by atoms with Crippen molar-refractivity contribution in [2.24, 2.45) is 0 Å². The molecule has 0 N–H and O–H groups in total. The van der Waals surface area contributed by atoms with E-state index in [9.17, 15) is 0 Å². The number of hydrogen-bond acceptors (Lipinski definition) is 2. The van der Waals surface area contributed by atoms with Crippen LogP contribution in [0.2, 0.25) is 0 Å². The Morgan fingerprint density at radius 3 is 0.818 bits per heavy atom. The van der Waals surface area contributed by atoms with Gasteiger partial charge in [-0.15, -0.1) is 0 Å². The van der Waals surface area contributed by atoms with Crippen molar-refractivity contribution >= 4 is 34.1 Å². The molecule has 0 aliphatic carbocycles. The van der Waals surface area contributed by atoms with Gasteiger partial charge in [0.2, 0.25) is 0 Å². The molecule has 0 atom stereocenters. The van der Waals surface area contributed by atoms with E-state index in [1.54, 1.807) is 0 Å². The number of rotatable bonds is 8. The number of nitrogens with zero attached hydrogens (tertiary/aromatic N) is 2. The zero-order chi connectivity index (χ0) is 29.6. The second-order valence-corrected chi connectivity index (χ2v) is 10.7. The van der Waals surface area contributed by atoms with Crippen molar-refractivity contribution in [1.29, 1.82) is 0 Å². The summed E-state index contributed by atoms with van der Waals surface area (Å²) in [6, 6.07) is 68.7. The Hall–Kier alpha value is -5.86. The largest absolute Gasteiger partial charge is 0.310 e. The summed E-state index contributed by atoms with van der Waals surface area (Å²) in [5.74, 6) is 0. The molecule has 7 aromatic carbocycles. The van der Waals surface area contributed by atoms with Gasteiger partial charge >= 0.3 is 0 Å². The topological polar surface area (TPSA) is 6.48 Å². The fourth-order valence-electron chi connectivity index (χ4n) is 5.71. The van der Waals surface area contributed by atoms with Crippen LogP contribution in [-0.4, -0.2) is 0 Å². The monoisotopic (exact) mass is 564 g/mol. The molecule has 0 aliphatic heterocycles. The van der Waals surface area contributed by atoms with Crippen molar-refractivity contribution in [3.05, 3.63) is 194 Å². The molecule has 210 valence electrons. The minimum atomic E-state index is 1.08. The molecular weight excluding hydrogens is 532 g/mol. The maximum absolute atomic E-state index is 2.33. The first-order valence-electron chi connectivity index (χ1n) is 14.9. The van der Waals surface area contributed by atoms with E-state index in [0.29, 0.717) is 0 Å². The van der Waals surface area contributed by atoms with Crippen LogP contribution >= 0.6 is 0 Å². The molecule has 0 heterocycles. The lowest BCUT2D eigenvalue weighted by atomic mass is 9.98. The molecule has 0 spiro atoms. The van der Waals surface area contributed by atoms with E-state index >= 15 is 0 Å². The van der Waals surface area contributed by atoms with Crippen LogP contribution in [0, 0.1) is 0 Å². The first kappa shape index (κ1) is 27.0. The number of anilines is 6. The molecule has 0 radical (unpaired) electrons. The minimum Gasteiger partial charge on any atom is -0.310 e. The highest BCUT2D eigenvalue weighted by Crippen LogP contribution is 2.43. The van der Waals surface area contributed by atoms with E-state index in [-0.39, 0.29) is 0 Å². The predicted octanol–water partition coefficient (Wildman–Crippen LogP) is 12.0. The van der Waals surface area contributed by atoms with Gasteiger partial charge in [0.1, 0.15) is 0 Å². The zero-order valence-corrected chi connectivity index (χ0v) is 24.4. The lowest BCUT2D eigenvalue weighted by Gasteiger charge is -2.30. The zero-order valence-electron chi connectivity index (χ0n) is 24.4. The third kappa shape index (κ3) is 5.74. The van der Waals surface area contributed by atoms with Crippen molar-refractivity contribution < 1.29 is 0 Å². The van der Waals surface area contributed by atoms with Gasteiger partial charge in [-0.2, -0.15) is 0 Å². The second-order valence-electron chi connectivity index (χ2n) is 10.7. The van der Waals surface area contributed by atoms with Crippen LogP contribution in [0.5, 0.6) is 0 Å². The summed E-state index contributed by atoms with van der Waals surface area (Å²) in [5, 5.41) is 0. The summed E-state index contributed by atoms with van der Waals surface area (Å²) in [4.78, 5) is 4.67. The number of para-hydroxylation sites is 4. The summed E-state index contributed by atoms with van der Waals surface area (Å²) >= 11 is 0. The predicted molar refractivity (Wildman–Crippen MR) is 187 cm³/mol. The molecule has 7 aromatic rings. The summed E-state index contributed by atoms with van der Waals surface area (Å²) in [5.41, 5.74) is 11.3. The van der Waals surface area contributed by atoms with Crippen molar-refractivity contribution in [1.82, 2.24) is 0 Å². The Kier molecular flexibility index (Phi) is 7.71. The SMILES string of the molecule is c1ccc(-c2ccc(-c3cc(N(c4ccccc4)c4ccccc4)cc(N(c4ccccc4)c4ccccc4)c3)cc2)cc1. The quantitative estimate of drug-likeness (QED) is 0.181. The average Bonchev–Trinajstić information content (AvgIpc) is 3.11. The molecule has 0 aromatic heterocycles. The van der Waals surface area contributed by atoms with Crippen LogP contribution in [0.25, 0.3) is 22.3 Å². The van der Waals surface area contributed by atoms with Crippen molar-refractivity contribution in [2.75, 3.05) is 9.80 Å². The maximum atomic E-state index is 2.33. The Morgan fingerprint density at radius 1 is 0.205 bits per heavy atom. The van der Waals surface area contributed by atoms with Crippen LogP contribution in [0.1, 0.15) is 0 Å². The van der Waals surface area contributed by atoms with E-state index in [4.69, 9.17) is 0 Å².